The van der Waals surface area contributed by atoms with Crippen molar-refractivity contribution in [1.82, 2.24) is 19.9 Å². The lowest BCUT2D eigenvalue weighted by atomic mass is 10.2. The summed E-state index contributed by atoms with van der Waals surface area (Å²) in [6.45, 7) is 3.69. The fraction of sp³-hybridized carbons (Fsp3) is 0.400. The maximum Gasteiger partial charge on any atom is 0.253 e. The Hall–Kier alpha value is -1.96. The van der Waals surface area contributed by atoms with Gasteiger partial charge in [-0.25, -0.2) is 0 Å². The van der Waals surface area contributed by atoms with Gasteiger partial charge in [0.25, 0.3) is 5.91 Å². The summed E-state index contributed by atoms with van der Waals surface area (Å²) in [7, 11) is 0. The van der Waals surface area contributed by atoms with E-state index in [4.69, 9.17) is 21.9 Å². The van der Waals surface area contributed by atoms with Gasteiger partial charge in [-0.05, 0) is 18.2 Å². The molecule has 0 unspecified atom stereocenters. The summed E-state index contributed by atoms with van der Waals surface area (Å²) in [5.41, 5.74) is 6.07. The first kappa shape index (κ1) is 15.9. The first-order chi connectivity index (χ1) is 11.2. The molecule has 0 atom stereocenters. The zero-order chi connectivity index (χ0) is 16.2. The predicted octanol–water partition coefficient (Wildman–Crippen LogP) is 1.14. The number of amides is 1. The number of halogens is 1. The summed E-state index contributed by atoms with van der Waals surface area (Å²) in [4.78, 5) is 20.7. The Balaban J connectivity index is 1.54. The Morgan fingerprint density at radius 3 is 2.74 bits per heavy atom. The highest BCUT2D eigenvalue weighted by molar-refractivity contribution is 6.30. The summed E-state index contributed by atoms with van der Waals surface area (Å²) in [6.07, 6.45) is 0. The van der Waals surface area contributed by atoms with Crippen LogP contribution in [0.5, 0.6) is 0 Å². The van der Waals surface area contributed by atoms with Crippen molar-refractivity contribution >= 4 is 17.5 Å². The molecule has 2 N–H and O–H groups in total. The van der Waals surface area contributed by atoms with E-state index < -0.39 is 0 Å². The molecule has 0 bridgehead atoms. The number of aromatic nitrogens is 2. The maximum absolute atomic E-state index is 12.5. The lowest BCUT2D eigenvalue weighted by Gasteiger charge is -2.34. The van der Waals surface area contributed by atoms with Crippen LogP contribution in [0.2, 0.25) is 5.02 Å². The Morgan fingerprint density at radius 1 is 1.30 bits per heavy atom. The molecule has 1 aliphatic rings. The van der Waals surface area contributed by atoms with Crippen LogP contribution in [-0.2, 0) is 13.1 Å². The number of carbonyl (C=O) groups excluding carboxylic acids is 1. The van der Waals surface area contributed by atoms with Crippen molar-refractivity contribution in [2.24, 2.45) is 5.73 Å². The van der Waals surface area contributed by atoms with Gasteiger partial charge >= 0.3 is 0 Å². The lowest BCUT2D eigenvalue weighted by Crippen LogP contribution is -2.48. The van der Waals surface area contributed by atoms with Gasteiger partial charge in [-0.2, -0.15) is 4.98 Å². The molecule has 1 saturated heterocycles. The van der Waals surface area contributed by atoms with Crippen LogP contribution in [0, 0.1) is 0 Å². The van der Waals surface area contributed by atoms with Crippen molar-refractivity contribution in [2.75, 3.05) is 26.2 Å². The standard InChI is InChI=1S/C15H18ClN5O2/c16-12-3-1-2-11(8-12)15(22)21-6-4-20(5-7-21)10-13-18-14(9-17)23-19-13/h1-3,8H,4-7,9-10,17H2. The minimum Gasteiger partial charge on any atom is -0.338 e. The third-order valence-corrected chi connectivity index (χ3v) is 4.02. The van der Waals surface area contributed by atoms with Gasteiger partial charge in [-0.3, -0.25) is 9.69 Å². The maximum atomic E-state index is 12.5. The number of carbonyl (C=O) groups is 1. The molecule has 8 heteroatoms. The van der Waals surface area contributed by atoms with Crippen LogP contribution in [0.4, 0.5) is 0 Å². The van der Waals surface area contributed by atoms with Gasteiger partial charge < -0.3 is 15.2 Å². The van der Waals surface area contributed by atoms with Crippen LogP contribution in [-0.4, -0.2) is 52.0 Å². The molecular formula is C15H18ClN5O2. The van der Waals surface area contributed by atoms with E-state index in [1.807, 2.05) is 4.90 Å². The fourth-order valence-electron chi connectivity index (χ4n) is 2.55. The molecule has 122 valence electrons. The highest BCUT2D eigenvalue weighted by Gasteiger charge is 2.23. The molecule has 2 aromatic rings. The van der Waals surface area contributed by atoms with E-state index >= 15 is 0 Å². The molecule has 1 aliphatic heterocycles. The quantitative estimate of drug-likeness (QED) is 0.901. The van der Waals surface area contributed by atoms with E-state index in [9.17, 15) is 4.79 Å². The highest BCUT2D eigenvalue weighted by Crippen LogP contribution is 2.14. The van der Waals surface area contributed by atoms with Crippen molar-refractivity contribution in [3.63, 3.8) is 0 Å². The minimum absolute atomic E-state index is 0.0112. The molecule has 2 heterocycles. The van der Waals surface area contributed by atoms with Gasteiger partial charge in [-0.15, -0.1) is 0 Å². The van der Waals surface area contributed by atoms with E-state index in [1.54, 1.807) is 24.3 Å². The SMILES string of the molecule is NCc1nc(CN2CCN(C(=O)c3cccc(Cl)c3)CC2)no1. The lowest BCUT2D eigenvalue weighted by molar-refractivity contribution is 0.0624. The third kappa shape index (κ3) is 3.87. The molecule has 7 nitrogen and oxygen atoms in total. The largest absolute Gasteiger partial charge is 0.338 e. The molecule has 0 saturated carbocycles. The van der Waals surface area contributed by atoms with Crippen molar-refractivity contribution in [3.05, 3.63) is 46.6 Å². The van der Waals surface area contributed by atoms with E-state index in [0.29, 0.717) is 41.9 Å². The van der Waals surface area contributed by atoms with Crippen LogP contribution >= 0.6 is 11.6 Å². The van der Waals surface area contributed by atoms with Gasteiger partial charge in [0.1, 0.15) is 0 Å². The number of nitrogens with two attached hydrogens (primary N) is 1. The predicted molar refractivity (Wildman–Crippen MR) is 84.8 cm³/mol. The second-order valence-corrected chi connectivity index (χ2v) is 5.82. The summed E-state index contributed by atoms with van der Waals surface area (Å²) in [6, 6.07) is 7.03. The molecule has 1 amide bonds. The van der Waals surface area contributed by atoms with Crippen molar-refractivity contribution < 1.29 is 9.32 Å². The Bertz CT molecular complexity index is 682. The van der Waals surface area contributed by atoms with Gasteiger partial charge in [0.05, 0.1) is 13.1 Å². The monoisotopic (exact) mass is 335 g/mol. The van der Waals surface area contributed by atoms with Gasteiger partial charge in [0.2, 0.25) is 5.89 Å². The van der Waals surface area contributed by atoms with Crippen LogP contribution in [0.25, 0.3) is 0 Å². The third-order valence-electron chi connectivity index (χ3n) is 3.78. The smallest absolute Gasteiger partial charge is 0.253 e. The summed E-state index contributed by atoms with van der Waals surface area (Å²) in [5, 5.41) is 4.46. The number of nitrogens with zero attached hydrogens (tertiary/aromatic N) is 4. The Kier molecular flexibility index (Phi) is 4.90. The van der Waals surface area contributed by atoms with E-state index in [2.05, 4.69) is 15.0 Å². The van der Waals surface area contributed by atoms with Crippen LogP contribution < -0.4 is 5.73 Å². The first-order valence-corrected chi connectivity index (χ1v) is 7.82. The zero-order valence-corrected chi connectivity index (χ0v) is 13.4. The average molecular weight is 336 g/mol. The summed E-state index contributed by atoms with van der Waals surface area (Å²) < 4.78 is 4.99. The van der Waals surface area contributed by atoms with Gasteiger partial charge in [0, 0.05) is 36.8 Å². The Labute approximate surface area is 139 Å². The number of benzene rings is 1. The highest BCUT2D eigenvalue weighted by atomic mass is 35.5. The molecule has 1 aromatic heterocycles. The average Bonchev–Trinajstić information content (AvgIpc) is 3.02. The normalized spacial score (nSPS) is 15.8. The van der Waals surface area contributed by atoms with Crippen LogP contribution in [0.1, 0.15) is 22.1 Å². The van der Waals surface area contributed by atoms with Crippen LogP contribution in [0.15, 0.2) is 28.8 Å². The topological polar surface area (TPSA) is 88.5 Å². The number of hydrogen-bond acceptors (Lipinski definition) is 6. The zero-order valence-electron chi connectivity index (χ0n) is 12.6. The van der Waals surface area contributed by atoms with Crippen molar-refractivity contribution in [3.8, 4) is 0 Å². The molecular weight excluding hydrogens is 318 g/mol. The second-order valence-electron chi connectivity index (χ2n) is 5.39. The number of rotatable bonds is 4. The molecule has 0 spiro atoms. The van der Waals surface area contributed by atoms with Crippen molar-refractivity contribution in [1.29, 1.82) is 0 Å². The molecule has 1 aromatic carbocycles. The van der Waals surface area contributed by atoms with E-state index in [-0.39, 0.29) is 12.5 Å². The summed E-state index contributed by atoms with van der Waals surface area (Å²) >= 11 is 5.94. The first-order valence-electron chi connectivity index (χ1n) is 7.44. The molecule has 0 aliphatic carbocycles. The minimum atomic E-state index is 0.0112. The molecule has 0 radical (unpaired) electrons. The van der Waals surface area contributed by atoms with Crippen molar-refractivity contribution in [2.45, 2.75) is 13.1 Å². The number of hydrogen-bond donors (Lipinski definition) is 1. The second kappa shape index (κ2) is 7.08. The molecule has 23 heavy (non-hydrogen) atoms. The number of piperazine rings is 1. The molecule has 3 rings (SSSR count). The van der Waals surface area contributed by atoms with Gasteiger partial charge in [0.15, 0.2) is 5.82 Å². The van der Waals surface area contributed by atoms with E-state index in [1.165, 1.54) is 0 Å². The summed E-state index contributed by atoms with van der Waals surface area (Å²) in [5.74, 6) is 1.08. The van der Waals surface area contributed by atoms with Crippen LogP contribution in [0.3, 0.4) is 0 Å². The van der Waals surface area contributed by atoms with E-state index in [0.717, 1.165) is 13.1 Å². The molecule has 1 fully saturated rings. The fourth-order valence-corrected chi connectivity index (χ4v) is 2.74. The Morgan fingerprint density at radius 2 is 2.09 bits per heavy atom. The van der Waals surface area contributed by atoms with Gasteiger partial charge in [-0.1, -0.05) is 22.8 Å².